The maximum atomic E-state index is 6.03. The van der Waals surface area contributed by atoms with Crippen molar-refractivity contribution in [3.8, 4) is 5.75 Å². The van der Waals surface area contributed by atoms with Crippen LogP contribution < -0.4 is 15.4 Å². The molecule has 0 aromatic heterocycles. The predicted octanol–water partition coefficient (Wildman–Crippen LogP) is 1.46. The molecule has 1 saturated heterocycles. The summed E-state index contributed by atoms with van der Waals surface area (Å²) in [4.78, 5) is 0. The van der Waals surface area contributed by atoms with E-state index in [1.54, 1.807) is 0 Å². The van der Waals surface area contributed by atoms with Crippen molar-refractivity contribution < 1.29 is 4.74 Å². The molecule has 92 valence electrons. The van der Waals surface area contributed by atoms with Crippen molar-refractivity contribution in [1.82, 2.24) is 10.6 Å². The molecule has 0 bridgehead atoms. The van der Waals surface area contributed by atoms with Crippen LogP contribution in [0.15, 0.2) is 18.2 Å². The lowest BCUT2D eigenvalue weighted by Crippen LogP contribution is -2.37. The molecule has 1 aromatic carbocycles. The lowest BCUT2D eigenvalue weighted by Gasteiger charge is -2.25. The molecule has 0 radical (unpaired) electrons. The summed E-state index contributed by atoms with van der Waals surface area (Å²) in [6, 6.07) is 6.55. The molecule has 17 heavy (non-hydrogen) atoms. The van der Waals surface area contributed by atoms with E-state index in [9.17, 15) is 0 Å². The zero-order chi connectivity index (χ0) is 11.5. The van der Waals surface area contributed by atoms with E-state index in [1.807, 2.05) is 0 Å². The highest BCUT2D eigenvalue weighted by Crippen LogP contribution is 2.22. The average molecular weight is 232 g/mol. The number of hydrogen-bond donors (Lipinski definition) is 2. The van der Waals surface area contributed by atoms with Crippen LogP contribution in [-0.4, -0.2) is 25.7 Å². The first kappa shape index (κ1) is 11.1. The van der Waals surface area contributed by atoms with Crippen molar-refractivity contribution in [2.24, 2.45) is 0 Å². The van der Waals surface area contributed by atoms with Crippen LogP contribution in [0, 0.1) is 0 Å². The van der Waals surface area contributed by atoms with E-state index in [0.29, 0.717) is 6.10 Å². The quantitative estimate of drug-likeness (QED) is 0.810. The lowest BCUT2D eigenvalue weighted by atomic mass is 10.0. The van der Waals surface area contributed by atoms with Gasteiger partial charge < -0.3 is 15.4 Å². The van der Waals surface area contributed by atoms with Gasteiger partial charge in [0.15, 0.2) is 0 Å². The maximum Gasteiger partial charge on any atom is 0.120 e. The molecular formula is C14H20N2O. The second-order valence-corrected chi connectivity index (χ2v) is 4.94. The molecule has 2 N–H and O–H groups in total. The third kappa shape index (κ3) is 2.61. The van der Waals surface area contributed by atoms with Gasteiger partial charge in [-0.2, -0.15) is 0 Å². The Morgan fingerprint density at radius 3 is 3.00 bits per heavy atom. The molecule has 0 aliphatic carbocycles. The van der Waals surface area contributed by atoms with Gasteiger partial charge in [-0.1, -0.05) is 6.07 Å². The van der Waals surface area contributed by atoms with E-state index in [-0.39, 0.29) is 0 Å². The Morgan fingerprint density at radius 1 is 1.12 bits per heavy atom. The Bertz CT molecular complexity index is 386. The van der Waals surface area contributed by atoms with Crippen LogP contribution >= 0.6 is 0 Å². The van der Waals surface area contributed by atoms with E-state index in [1.165, 1.54) is 24.0 Å². The fourth-order valence-electron chi connectivity index (χ4n) is 2.64. The van der Waals surface area contributed by atoms with Crippen molar-refractivity contribution in [1.29, 1.82) is 0 Å². The Balaban J connectivity index is 1.70. The molecule has 1 unspecified atom stereocenters. The molecule has 1 fully saturated rings. The summed E-state index contributed by atoms with van der Waals surface area (Å²) in [7, 11) is 0. The van der Waals surface area contributed by atoms with Gasteiger partial charge in [0.1, 0.15) is 11.9 Å². The third-order valence-corrected chi connectivity index (χ3v) is 3.62. The highest BCUT2D eigenvalue weighted by Gasteiger charge is 2.15. The van der Waals surface area contributed by atoms with Crippen LogP contribution in [0.5, 0.6) is 5.75 Å². The largest absolute Gasteiger partial charge is 0.489 e. The van der Waals surface area contributed by atoms with E-state index >= 15 is 0 Å². The molecule has 3 heteroatoms. The topological polar surface area (TPSA) is 33.3 Å². The van der Waals surface area contributed by atoms with Crippen molar-refractivity contribution in [2.75, 3.05) is 19.6 Å². The van der Waals surface area contributed by atoms with Crippen molar-refractivity contribution in [2.45, 2.75) is 31.9 Å². The van der Waals surface area contributed by atoms with Gasteiger partial charge in [0.25, 0.3) is 0 Å². The summed E-state index contributed by atoms with van der Waals surface area (Å²) in [5.41, 5.74) is 2.87. The number of rotatable bonds is 2. The first-order chi connectivity index (χ1) is 8.42. The molecule has 0 amide bonds. The van der Waals surface area contributed by atoms with E-state index < -0.39 is 0 Å². The third-order valence-electron chi connectivity index (χ3n) is 3.62. The van der Waals surface area contributed by atoms with Crippen molar-refractivity contribution in [3.05, 3.63) is 29.3 Å². The molecule has 2 heterocycles. The van der Waals surface area contributed by atoms with Gasteiger partial charge in [0.05, 0.1) is 0 Å². The standard InChI is InChI=1S/C14H20N2O/c1-2-14(10-15-6-1)17-13-4-3-11-5-7-16-9-12(11)8-13/h3-4,8,14-16H,1-2,5-7,9-10H2. The Labute approximate surface area is 103 Å². The first-order valence-electron chi connectivity index (χ1n) is 6.62. The predicted molar refractivity (Wildman–Crippen MR) is 68.4 cm³/mol. The van der Waals surface area contributed by atoms with E-state index in [4.69, 9.17) is 4.74 Å². The van der Waals surface area contributed by atoms with Gasteiger partial charge in [-0.05, 0) is 55.6 Å². The Kier molecular flexibility index (Phi) is 3.29. The van der Waals surface area contributed by atoms with Gasteiger partial charge in [0.2, 0.25) is 0 Å². The fourth-order valence-corrected chi connectivity index (χ4v) is 2.64. The Morgan fingerprint density at radius 2 is 2.12 bits per heavy atom. The van der Waals surface area contributed by atoms with Crippen LogP contribution in [0.4, 0.5) is 0 Å². The van der Waals surface area contributed by atoms with Crippen LogP contribution in [0.2, 0.25) is 0 Å². The number of ether oxygens (including phenoxy) is 1. The summed E-state index contributed by atoms with van der Waals surface area (Å²) in [6.07, 6.45) is 3.87. The second-order valence-electron chi connectivity index (χ2n) is 4.94. The fraction of sp³-hybridized carbons (Fsp3) is 0.571. The van der Waals surface area contributed by atoms with Crippen LogP contribution in [-0.2, 0) is 13.0 Å². The summed E-state index contributed by atoms with van der Waals surface area (Å²) < 4.78 is 6.03. The summed E-state index contributed by atoms with van der Waals surface area (Å²) in [5.74, 6) is 1.03. The lowest BCUT2D eigenvalue weighted by molar-refractivity contribution is 0.167. The minimum Gasteiger partial charge on any atom is -0.489 e. The molecule has 3 nitrogen and oxygen atoms in total. The number of fused-ring (bicyclic) bond motifs is 1. The SMILES string of the molecule is c1cc2c(cc1OC1CCCNC1)CNCC2. The first-order valence-corrected chi connectivity index (χ1v) is 6.62. The van der Waals surface area contributed by atoms with Gasteiger partial charge in [-0.15, -0.1) is 0 Å². The van der Waals surface area contributed by atoms with Crippen LogP contribution in [0.25, 0.3) is 0 Å². The molecule has 0 saturated carbocycles. The number of nitrogens with one attached hydrogen (secondary N) is 2. The molecule has 2 aliphatic heterocycles. The Hall–Kier alpha value is -1.06. The zero-order valence-corrected chi connectivity index (χ0v) is 10.2. The monoisotopic (exact) mass is 232 g/mol. The molecular weight excluding hydrogens is 212 g/mol. The number of benzene rings is 1. The normalized spacial score (nSPS) is 24.1. The number of hydrogen-bond acceptors (Lipinski definition) is 3. The second kappa shape index (κ2) is 5.07. The van der Waals surface area contributed by atoms with Gasteiger partial charge >= 0.3 is 0 Å². The molecule has 3 rings (SSSR count). The molecule has 1 aromatic rings. The van der Waals surface area contributed by atoms with Crippen LogP contribution in [0.3, 0.4) is 0 Å². The van der Waals surface area contributed by atoms with Crippen molar-refractivity contribution in [3.63, 3.8) is 0 Å². The van der Waals surface area contributed by atoms with Crippen molar-refractivity contribution >= 4 is 0 Å². The minimum atomic E-state index is 0.346. The average Bonchev–Trinajstić information content (AvgIpc) is 2.40. The van der Waals surface area contributed by atoms with E-state index in [2.05, 4.69) is 28.8 Å². The molecule has 0 spiro atoms. The smallest absolute Gasteiger partial charge is 0.120 e. The highest BCUT2D eigenvalue weighted by molar-refractivity contribution is 5.37. The van der Waals surface area contributed by atoms with E-state index in [0.717, 1.165) is 38.3 Å². The summed E-state index contributed by atoms with van der Waals surface area (Å²) in [6.45, 7) is 4.19. The van der Waals surface area contributed by atoms with Gasteiger partial charge in [-0.25, -0.2) is 0 Å². The van der Waals surface area contributed by atoms with Crippen LogP contribution in [0.1, 0.15) is 24.0 Å². The summed E-state index contributed by atoms with van der Waals surface area (Å²) >= 11 is 0. The van der Waals surface area contributed by atoms with Gasteiger partial charge in [0, 0.05) is 13.1 Å². The summed E-state index contributed by atoms with van der Waals surface area (Å²) in [5, 5.41) is 6.78. The van der Waals surface area contributed by atoms with Gasteiger partial charge in [-0.3, -0.25) is 0 Å². The zero-order valence-electron chi connectivity index (χ0n) is 10.2. The molecule has 1 atom stereocenters. The number of piperidine rings is 1. The minimum absolute atomic E-state index is 0.346. The maximum absolute atomic E-state index is 6.03. The highest BCUT2D eigenvalue weighted by atomic mass is 16.5. The molecule has 2 aliphatic rings.